The largest absolute Gasteiger partial charge is 0.443 e. The molecule has 0 amide bonds. The van der Waals surface area contributed by atoms with Crippen LogP contribution in [0, 0.1) is 0 Å². The molecule has 0 atom stereocenters. The molecule has 0 fully saturated rings. The summed E-state index contributed by atoms with van der Waals surface area (Å²) in [5.41, 5.74) is 1.78. The van der Waals surface area contributed by atoms with Crippen LogP contribution in [0.5, 0.6) is 0 Å². The highest BCUT2D eigenvalue weighted by molar-refractivity contribution is 7.15. The first-order valence-corrected chi connectivity index (χ1v) is 6.09. The molecule has 0 aliphatic heterocycles. The van der Waals surface area contributed by atoms with Crippen molar-refractivity contribution in [1.29, 1.82) is 0 Å². The highest BCUT2D eigenvalue weighted by atomic mass is 32.1. The molecule has 2 nitrogen and oxygen atoms in total. The van der Waals surface area contributed by atoms with Crippen LogP contribution in [-0.2, 0) is 12.7 Å². The lowest BCUT2D eigenvalue weighted by Crippen LogP contribution is -2.04. The number of nitrogens with one attached hydrogen (secondary N) is 1. The molecule has 2 rings (SSSR count). The molecular weight excluding hydrogens is 261 g/mol. The van der Waals surface area contributed by atoms with Crippen LogP contribution in [0.15, 0.2) is 30.5 Å². The smallest absolute Gasteiger partial charge is 0.316 e. The maximum absolute atomic E-state index is 12.5. The minimum atomic E-state index is -4.37. The van der Waals surface area contributed by atoms with Crippen molar-refractivity contribution >= 4 is 11.3 Å². The van der Waals surface area contributed by atoms with Gasteiger partial charge in [0, 0.05) is 12.7 Å². The van der Waals surface area contributed by atoms with Crippen LogP contribution in [0.4, 0.5) is 13.2 Å². The van der Waals surface area contributed by atoms with Crippen LogP contribution in [0.25, 0.3) is 10.4 Å². The van der Waals surface area contributed by atoms with E-state index in [2.05, 4.69) is 10.3 Å². The van der Waals surface area contributed by atoms with Crippen LogP contribution >= 0.6 is 11.3 Å². The number of aromatic nitrogens is 1. The van der Waals surface area contributed by atoms with Crippen LogP contribution < -0.4 is 5.32 Å². The summed E-state index contributed by atoms with van der Waals surface area (Å²) >= 11 is 0.663. The van der Waals surface area contributed by atoms with Gasteiger partial charge in [0.05, 0.1) is 4.88 Å². The number of halogens is 3. The summed E-state index contributed by atoms with van der Waals surface area (Å²) < 4.78 is 37.4. The molecule has 0 aliphatic rings. The fraction of sp³-hybridized carbons (Fsp3) is 0.250. The molecule has 0 radical (unpaired) electrons. The number of hydrogen-bond acceptors (Lipinski definition) is 3. The molecule has 1 aromatic carbocycles. The van der Waals surface area contributed by atoms with E-state index in [1.165, 1.54) is 6.20 Å². The minimum Gasteiger partial charge on any atom is -0.316 e. The monoisotopic (exact) mass is 272 g/mol. The maximum Gasteiger partial charge on any atom is 0.443 e. The van der Waals surface area contributed by atoms with Crippen LogP contribution in [0.1, 0.15) is 10.6 Å². The Morgan fingerprint density at radius 2 is 2.11 bits per heavy atom. The highest BCUT2D eigenvalue weighted by Gasteiger charge is 2.34. The van der Waals surface area contributed by atoms with Crippen LogP contribution in [0.2, 0.25) is 0 Å². The molecule has 0 saturated carbocycles. The molecule has 0 saturated heterocycles. The fourth-order valence-corrected chi connectivity index (χ4v) is 2.36. The number of thiazole rings is 1. The molecular formula is C12H11F3N2S. The Hall–Kier alpha value is -1.40. The van der Waals surface area contributed by atoms with E-state index in [0.717, 1.165) is 11.1 Å². The standard InChI is InChI=1S/C12H11F3N2S/c1-16-6-8-3-2-4-9(5-8)10-7-17-11(18-10)12(13,14)15/h2-5,7,16H,6H2,1H3. The second-order valence-corrected chi connectivity index (χ2v) is 4.79. The van der Waals surface area contributed by atoms with Crippen molar-refractivity contribution in [1.82, 2.24) is 10.3 Å². The lowest BCUT2D eigenvalue weighted by molar-refractivity contribution is -0.137. The summed E-state index contributed by atoms with van der Waals surface area (Å²) in [5, 5.41) is 2.19. The van der Waals surface area contributed by atoms with E-state index in [1.807, 2.05) is 25.2 Å². The normalized spacial score (nSPS) is 11.8. The molecule has 0 unspecified atom stereocenters. The van der Waals surface area contributed by atoms with Crippen molar-refractivity contribution in [2.75, 3.05) is 7.05 Å². The number of nitrogens with zero attached hydrogens (tertiary/aromatic N) is 1. The number of alkyl halides is 3. The van der Waals surface area contributed by atoms with Crippen molar-refractivity contribution < 1.29 is 13.2 Å². The van der Waals surface area contributed by atoms with Crippen molar-refractivity contribution in [2.24, 2.45) is 0 Å². The predicted octanol–water partition coefficient (Wildman–Crippen LogP) is 3.55. The van der Waals surface area contributed by atoms with Crippen molar-refractivity contribution in [3.8, 4) is 10.4 Å². The van der Waals surface area contributed by atoms with Crippen molar-refractivity contribution in [2.45, 2.75) is 12.7 Å². The first-order valence-electron chi connectivity index (χ1n) is 5.27. The van der Waals surface area contributed by atoms with Crippen molar-refractivity contribution in [3.63, 3.8) is 0 Å². The minimum absolute atomic E-state index is 0.528. The van der Waals surface area contributed by atoms with Gasteiger partial charge in [-0.25, -0.2) is 4.98 Å². The van der Waals surface area contributed by atoms with Crippen molar-refractivity contribution in [3.05, 3.63) is 41.0 Å². The molecule has 0 bridgehead atoms. The quantitative estimate of drug-likeness (QED) is 0.924. The molecule has 1 aromatic heterocycles. The Kier molecular flexibility index (Phi) is 3.68. The zero-order valence-corrected chi connectivity index (χ0v) is 10.4. The van der Waals surface area contributed by atoms with Gasteiger partial charge in [-0.15, -0.1) is 11.3 Å². The van der Waals surface area contributed by atoms with Crippen LogP contribution in [0.3, 0.4) is 0 Å². The zero-order chi connectivity index (χ0) is 13.2. The lowest BCUT2D eigenvalue weighted by atomic mass is 10.1. The number of benzene rings is 1. The van der Waals surface area contributed by atoms with Gasteiger partial charge in [0.2, 0.25) is 0 Å². The number of hydrogen-bond donors (Lipinski definition) is 1. The summed E-state index contributed by atoms with van der Waals surface area (Å²) in [4.78, 5) is 3.95. The van der Waals surface area contributed by atoms with Gasteiger partial charge in [-0.1, -0.05) is 18.2 Å². The molecule has 1 N–H and O–H groups in total. The Morgan fingerprint density at radius 3 is 2.72 bits per heavy atom. The Morgan fingerprint density at radius 1 is 1.33 bits per heavy atom. The van der Waals surface area contributed by atoms with E-state index < -0.39 is 11.2 Å². The summed E-state index contributed by atoms with van der Waals surface area (Å²) in [6.07, 6.45) is -3.10. The van der Waals surface area contributed by atoms with Gasteiger partial charge < -0.3 is 5.32 Å². The second kappa shape index (κ2) is 5.07. The van der Waals surface area contributed by atoms with E-state index in [1.54, 1.807) is 6.07 Å². The Labute approximate surface area is 106 Å². The topological polar surface area (TPSA) is 24.9 Å². The Balaban J connectivity index is 2.31. The summed E-state index contributed by atoms with van der Waals surface area (Å²) in [6.45, 7) is 0.679. The molecule has 1 heterocycles. The van der Waals surface area contributed by atoms with Gasteiger partial charge in [-0.3, -0.25) is 0 Å². The average molecular weight is 272 g/mol. The third-order valence-corrected chi connectivity index (χ3v) is 3.43. The van der Waals surface area contributed by atoms with Gasteiger partial charge in [0.25, 0.3) is 0 Å². The van der Waals surface area contributed by atoms with Gasteiger partial charge >= 0.3 is 6.18 Å². The third kappa shape index (κ3) is 2.88. The average Bonchev–Trinajstić information content (AvgIpc) is 2.78. The van der Waals surface area contributed by atoms with E-state index in [-0.39, 0.29) is 0 Å². The van der Waals surface area contributed by atoms with Gasteiger partial charge in [0.1, 0.15) is 0 Å². The molecule has 6 heteroatoms. The first kappa shape index (κ1) is 13.0. The van der Waals surface area contributed by atoms with Gasteiger partial charge in [-0.05, 0) is 24.2 Å². The van der Waals surface area contributed by atoms with E-state index in [4.69, 9.17) is 0 Å². The third-order valence-electron chi connectivity index (χ3n) is 2.34. The van der Waals surface area contributed by atoms with E-state index >= 15 is 0 Å². The Bertz CT molecular complexity index is 534. The zero-order valence-electron chi connectivity index (χ0n) is 9.58. The first-order chi connectivity index (χ1) is 8.50. The maximum atomic E-state index is 12.5. The second-order valence-electron chi connectivity index (χ2n) is 3.76. The lowest BCUT2D eigenvalue weighted by Gasteiger charge is -2.02. The summed E-state index contributed by atoms with van der Waals surface area (Å²) in [5.74, 6) is 0. The molecule has 18 heavy (non-hydrogen) atoms. The molecule has 96 valence electrons. The predicted molar refractivity (Wildman–Crippen MR) is 65.3 cm³/mol. The molecule has 0 aliphatic carbocycles. The SMILES string of the molecule is CNCc1cccc(-c2cnc(C(F)(F)F)s2)c1. The van der Waals surface area contributed by atoms with E-state index in [0.29, 0.717) is 22.8 Å². The van der Waals surface area contributed by atoms with Crippen LogP contribution in [-0.4, -0.2) is 12.0 Å². The van der Waals surface area contributed by atoms with E-state index in [9.17, 15) is 13.2 Å². The highest BCUT2D eigenvalue weighted by Crippen LogP contribution is 2.36. The van der Waals surface area contributed by atoms with Gasteiger partial charge in [-0.2, -0.15) is 13.2 Å². The summed E-state index contributed by atoms with van der Waals surface area (Å²) in [7, 11) is 1.82. The molecule has 0 spiro atoms. The fourth-order valence-electron chi connectivity index (χ4n) is 1.58. The van der Waals surface area contributed by atoms with Gasteiger partial charge in [0.15, 0.2) is 5.01 Å². The number of rotatable bonds is 3. The summed E-state index contributed by atoms with van der Waals surface area (Å²) in [6, 6.07) is 7.40. The molecule has 2 aromatic rings.